The molecule has 3 aromatic rings. The number of ether oxygens (including phenoxy) is 1. The number of carbonyl (C=O) groups excluding carboxylic acids is 1. The van der Waals surface area contributed by atoms with Crippen molar-refractivity contribution in [1.29, 1.82) is 0 Å². The average molecular weight is 497 g/mol. The second-order valence-electron chi connectivity index (χ2n) is 8.89. The molecule has 7 nitrogen and oxygen atoms in total. The van der Waals surface area contributed by atoms with Crippen molar-refractivity contribution in [2.75, 3.05) is 26.2 Å². The lowest BCUT2D eigenvalue weighted by Gasteiger charge is -2.30. The van der Waals surface area contributed by atoms with Gasteiger partial charge in [-0.1, -0.05) is 54.0 Å². The standard InChI is InChI=1S/C27H33ClN4O3/c1-2-18-34-24-12-6-3-8-20(24)9-7-15-29-27(33)21-13-16-32(17-14-21)19-25-30-26(31-35-25)22-10-4-5-11-23(22)28/h3-6,8,10-12,21H,2,7,9,13-19H2,1H3,(H,29,33). The van der Waals surface area contributed by atoms with Gasteiger partial charge in [0.2, 0.25) is 17.6 Å². The summed E-state index contributed by atoms with van der Waals surface area (Å²) in [6.07, 6.45) is 4.42. The largest absolute Gasteiger partial charge is 0.493 e. The Balaban J connectivity index is 1.17. The third-order valence-electron chi connectivity index (χ3n) is 6.26. The minimum atomic E-state index is 0.0489. The molecule has 1 aliphatic rings. The van der Waals surface area contributed by atoms with Crippen LogP contribution in [0.15, 0.2) is 53.1 Å². The summed E-state index contributed by atoms with van der Waals surface area (Å²) in [5.41, 5.74) is 1.96. The number of benzene rings is 2. The quantitative estimate of drug-likeness (QED) is 0.370. The number of carbonyl (C=O) groups is 1. The average Bonchev–Trinajstić information content (AvgIpc) is 3.34. The van der Waals surface area contributed by atoms with Crippen LogP contribution < -0.4 is 10.1 Å². The number of aryl methyl sites for hydroxylation is 1. The first-order valence-corrected chi connectivity index (χ1v) is 12.8. The molecule has 186 valence electrons. The smallest absolute Gasteiger partial charge is 0.241 e. The van der Waals surface area contributed by atoms with E-state index >= 15 is 0 Å². The van der Waals surface area contributed by atoms with Gasteiger partial charge in [-0.3, -0.25) is 9.69 Å². The predicted molar refractivity (Wildman–Crippen MR) is 136 cm³/mol. The molecular formula is C27H33ClN4O3. The van der Waals surface area contributed by atoms with E-state index in [1.165, 1.54) is 5.56 Å². The lowest BCUT2D eigenvalue weighted by Crippen LogP contribution is -2.40. The summed E-state index contributed by atoms with van der Waals surface area (Å²) in [7, 11) is 0. The molecule has 1 saturated heterocycles. The van der Waals surface area contributed by atoms with Crippen LogP contribution in [0.3, 0.4) is 0 Å². The van der Waals surface area contributed by atoms with Crippen LogP contribution in [-0.2, 0) is 17.8 Å². The third-order valence-corrected chi connectivity index (χ3v) is 6.59. The molecular weight excluding hydrogens is 464 g/mol. The van der Waals surface area contributed by atoms with E-state index in [-0.39, 0.29) is 11.8 Å². The van der Waals surface area contributed by atoms with Crippen molar-refractivity contribution in [2.24, 2.45) is 5.92 Å². The summed E-state index contributed by atoms with van der Waals surface area (Å²) in [5.74, 6) is 2.21. The molecule has 0 saturated carbocycles. The van der Waals surface area contributed by atoms with Crippen molar-refractivity contribution < 1.29 is 14.1 Å². The maximum atomic E-state index is 12.7. The van der Waals surface area contributed by atoms with E-state index in [0.29, 0.717) is 29.8 Å². The Labute approximate surface area is 211 Å². The van der Waals surface area contributed by atoms with Crippen molar-refractivity contribution in [2.45, 2.75) is 45.6 Å². The number of likely N-dealkylation sites (tertiary alicyclic amines) is 1. The number of hydrogen-bond acceptors (Lipinski definition) is 6. The lowest BCUT2D eigenvalue weighted by molar-refractivity contribution is -0.126. The van der Waals surface area contributed by atoms with Gasteiger partial charge in [-0.05, 0) is 69.0 Å². The van der Waals surface area contributed by atoms with E-state index in [2.05, 4.69) is 33.3 Å². The van der Waals surface area contributed by atoms with Gasteiger partial charge < -0.3 is 14.6 Å². The van der Waals surface area contributed by atoms with Crippen LogP contribution in [0.25, 0.3) is 11.4 Å². The number of piperidine rings is 1. The fraction of sp³-hybridized carbons (Fsp3) is 0.444. The highest BCUT2D eigenvalue weighted by Gasteiger charge is 2.26. The molecule has 1 N–H and O–H groups in total. The number of hydrogen-bond donors (Lipinski definition) is 1. The van der Waals surface area contributed by atoms with Crippen LogP contribution in [0.4, 0.5) is 0 Å². The zero-order chi connectivity index (χ0) is 24.5. The van der Waals surface area contributed by atoms with Gasteiger partial charge in [-0.25, -0.2) is 0 Å². The van der Waals surface area contributed by atoms with Crippen LogP contribution in [0, 0.1) is 5.92 Å². The predicted octanol–water partition coefficient (Wildman–Crippen LogP) is 5.14. The lowest BCUT2D eigenvalue weighted by atomic mass is 9.96. The van der Waals surface area contributed by atoms with Crippen molar-refractivity contribution in [1.82, 2.24) is 20.4 Å². The first-order chi connectivity index (χ1) is 17.1. The van der Waals surface area contributed by atoms with Gasteiger partial charge in [-0.15, -0.1) is 0 Å². The van der Waals surface area contributed by atoms with Gasteiger partial charge in [0, 0.05) is 18.0 Å². The Morgan fingerprint density at radius 3 is 2.74 bits per heavy atom. The molecule has 1 aromatic heterocycles. The molecule has 2 aromatic carbocycles. The maximum absolute atomic E-state index is 12.7. The fourth-order valence-electron chi connectivity index (χ4n) is 4.31. The zero-order valence-electron chi connectivity index (χ0n) is 20.2. The summed E-state index contributed by atoms with van der Waals surface area (Å²) in [6, 6.07) is 15.6. The maximum Gasteiger partial charge on any atom is 0.241 e. The Morgan fingerprint density at radius 2 is 1.94 bits per heavy atom. The number of amides is 1. The highest BCUT2D eigenvalue weighted by molar-refractivity contribution is 6.33. The van der Waals surface area contributed by atoms with Gasteiger partial charge in [0.1, 0.15) is 5.75 Å². The topological polar surface area (TPSA) is 80.5 Å². The molecule has 0 aliphatic carbocycles. The normalized spacial score (nSPS) is 14.7. The van der Waals surface area contributed by atoms with Gasteiger partial charge in [0.15, 0.2) is 0 Å². The van der Waals surface area contributed by atoms with Crippen LogP contribution in [0.2, 0.25) is 5.02 Å². The Morgan fingerprint density at radius 1 is 1.17 bits per heavy atom. The zero-order valence-corrected chi connectivity index (χ0v) is 21.0. The number of halogens is 1. The summed E-state index contributed by atoms with van der Waals surface area (Å²) >= 11 is 6.23. The van der Waals surface area contributed by atoms with Gasteiger partial charge >= 0.3 is 0 Å². The molecule has 1 fully saturated rings. The molecule has 4 rings (SSSR count). The molecule has 0 unspecified atom stereocenters. The Hall–Kier alpha value is -2.90. The molecule has 0 atom stereocenters. The number of para-hydroxylation sites is 1. The van der Waals surface area contributed by atoms with Crippen molar-refractivity contribution in [3.63, 3.8) is 0 Å². The summed E-state index contributed by atoms with van der Waals surface area (Å²) < 4.78 is 11.3. The minimum absolute atomic E-state index is 0.0489. The molecule has 0 spiro atoms. The first kappa shape index (κ1) is 25.2. The Kier molecular flexibility index (Phi) is 9.15. The fourth-order valence-corrected chi connectivity index (χ4v) is 4.53. The van der Waals surface area contributed by atoms with E-state index in [0.717, 1.165) is 63.1 Å². The van der Waals surface area contributed by atoms with Crippen LogP contribution in [0.1, 0.15) is 44.1 Å². The van der Waals surface area contributed by atoms with Crippen molar-refractivity contribution in [3.05, 3.63) is 65.0 Å². The molecule has 8 heteroatoms. The second kappa shape index (κ2) is 12.7. The number of nitrogens with one attached hydrogen (secondary N) is 1. The highest BCUT2D eigenvalue weighted by atomic mass is 35.5. The van der Waals surface area contributed by atoms with Crippen LogP contribution in [0.5, 0.6) is 5.75 Å². The summed E-state index contributed by atoms with van der Waals surface area (Å²) in [5, 5.41) is 7.79. The summed E-state index contributed by atoms with van der Waals surface area (Å²) in [6.45, 7) is 5.72. The van der Waals surface area contributed by atoms with E-state index in [9.17, 15) is 4.79 Å². The molecule has 35 heavy (non-hydrogen) atoms. The van der Waals surface area contributed by atoms with E-state index in [1.54, 1.807) is 0 Å². The Bertz CT molecular complexity index is 1100. The molecule has 1 aliphatic heterocycles. The molecule has 0 bridgehead atoms. The van der Waals surface area contributed by atoms with Gasteiger partial charge in [0.05, 0.1) is 18.2 Å². The monoisotopic (exact) mass is 496 g/mol. The minimum Gasteiger partial charge on any atom is -0.493 e. The molecule has 0 radical (unpaired) electrons. The summed E-state index contributed by atoms with van der Waals surface area (Å²) in [4.78, 5) is 19.4. The number of rotatable bonds is 11. The second-order valence-corrected chi connectivity index (χ2v) is 9.30. The molecule has 1 amide bonds. The van der Waals surface area contributed by atoms with Crippen LogP contribution in [-0.4, -0.2) is 47.2 Å². The first-order valence-electron chi connectivity index (χ1n) is 12.4. The number of aromatic nitrogens is 2. The van der Waals surface area contributed by atoms with Crippen molar-refractivity contribution >= 4 is 17.5 Å². The SMILES string of the molecule is CCCOc1ccccc1CCCNC(=O)C1CCN(Cc2nc(-c3ccccc3Cl)no2)CC1. The highest BCUT2D eigenvalue weighted by Crippen LogP contribution is 2.26. The van der Waals surface area contributed by atoms with Crippen molar-refractivity contribution in [3.8, 4) is 17.1 Å². The number of nitrogens with zero attached hydrogens (tertiary/aromatic N) is 3. The van der Waals surface area contributed by atoms with Crippen LogP contribution >= 0.6 is 11.6 Å². The molecule has 2 heterocycles. The van der Waals surface area contributed by atoms with Gasteiger partial charge in [-0.2, -0.15) is 4.98 Å². The third kappa shape index (κ3) is 7.05. The van der Waals surface area contributed by atoms with Gasteiger partial charge in [0.25, 0.3) is 0 Å². The van der Waals surface area contributed by atoms with E-state index in [1.807, 2.05) is 42.5 Å². The van der Waals surface area contributed by atoms with E-state index in [4.69, 9.17) is 20.9 Å². The van der Waals surface area contributed by atoms with E-state index < -0.39 is 0 Å².